The van der Waals surface area contributed by atoms with Crippen LogP contribution in [0, 0.1) is 0 Å². The number of hydrogen-bond donors (Lipinski definition) is 1. The maximum absolute atomic E-state index is 6.14. The smallest absolute Gasteiger partial charge is 0.125 e. The summed E-state index contributed by atoms with van der Waals surface area (Å²) in [5.74, 6) is 0.817. The highest BCUT2D eigenvalue weighted by Gasteiger charge is 2.06. The summed E-state index contributed by atoms with van der Waals surface area (Å²) in [6.07, 6.45) is 2.02. The average Bonchev–Trinajstić information content (AvgIpc) is 2.41. The van der Waals surface area contributed by atoms with Crippen molar-refractivity contribution in [3.05, 3.63) is 57.6 Å². The fourth-order valence-corrected chi connectivity index (χ4v) is 2.44. The van der Waals surface area contributed by atoms with Gasteiger partial charge in [0.25, 0.3) is 0 Å². The van der Waals surface area contributed by atoms with Crippen LogP contribution in [0.25, 0.3) is 0 Å². The second-order valence-electron chi connectivity index (χ2n) is 4.64. The molecule has 0 atom stereocenters. The van der Waals surface area contributed by atoms with E-state index in [0.29, 0.717) is 22.3 Å². The predicted molar refractivity (Wildman–Crippen MR) is 85.6 cm³/mol. The summed E-state index contributed by atoms with van der Waals surface area (Å²) in [7, 11) is 0. The topological polar surface area (TPSA) is 35.2 Å². The Morgan fingerprint density at radius 2 is 1.80 bits per heavy atom. The van der Waals surface area contributed by atoms with Crippen molar-refractivity contribution in [2.24, 2.45) is 0 Å². The molecule has 20 heavy (non-hydrogen) atoms. The molecule has 0 aliphatic rings. The van der Waals surface area contributed by atoms with E-state index in [9.17, 15) is 0 Å². The summed E-state index contributed by atoms with van der Waals surface area (Å²) in [6.45, 7) is 2.53. The van der Waals surface area contributed by atoms with Crippen LogP contribution in [0.4, 0.5) is 5.69 Å². The molecule has 0 aromatic heterocycles. The summed E-state index contributed by atoms with van der Waals surface area (Å²) in [5.41, 5.74) is 8.58. The van der Waals surface area contributed by atoms with E-state index >= 15 is 0 Å². The van der Waals surface area contributed by atoms with Gasteiger partial charge in [-0.05, 0) is 30.2 Å². The van der Waals surface area contributed by atoms with Gasteiger partial charge in [-0.15, -0.1) is 0 Å². The zero-order valence-electron chi connectivity index (χ0n) is 11.3. The third-order valence-corrected chi connectivity index (χ3v) is 3.60. The van der Waals surface area contributed by atoms with E-state index in [1.54, 1.807) is 12.1 Å². The zero-order valence-corrected chi connectivity index (χ0v) is 12.8. The molecule has 0 bridgehead atoms. The SMILES string of the molecule is CCCc1ccc(N)cc1OCc1ccc(Cl)cc1Cl. The second-order valence-corrected chi connectivity index (χ2v) is 5.49. The number of rotatable bonds is 5. The van der Waals surface area contributed by atoms with Crippen molar-refractivity contribution in [3.8, 4) is 5.75 Å². The number of nitrogens with two attached hydrogens (primary N) is 1. The molecule has 0 aliphatic carbocycles. The van der Waals surface area contributed by atoms with Gasteiger partial charge in [-0.3, -0.25) is 0 Å². The molecular formula is C16H17Cl2NO. The molecule has 2 aromatic carbocycles. The molecule has 0 saturated heterocycles. The molecule has 0 fully saturated rings. The Bertz CT molecular complexity index is 599. The summed E-state index contributed by atoms with van der Waals surface area (Å²) in [4.78, 5) is 0. The Morgan fingerprint density at radius 3 is 2.50 bits per heavy atom. The molecule has 0 heterocycles. The molecular weight excluding hydrogens is 293 g/mol. The van der Waals surface area contributed by atoms with Crippen LogP contribution in [0.5, 0.6) is 5.75 Å². The van der Waals surface area contributed by atoms with Gasteiger partial charge in [0.05, 0.1) is 0 Å². The molecule has 2 aromatic rings. The molecule has 0 saturated carbocycles. The summed E-state index contributed by atoms with van der Waals surface area (Å²) < 4.78 is 5.87. The van der Waals surface area contributed by atoms with E-state index in [1.807, 2.05) is 24.3 Å². The molecule has 4 heteroatoms. The third-order valence-electron chi connectivity index (χ3n) is 3.01. The van der Waals surface area contributed by atoms with Gasteiger partial charge in [0.15, 0.2) is 0 Å². The van der Waals surface area contributed by atoms with Crippen molar-refractivity contribution in [1.29, 1.82) is 0 Å². The minimum absolute atomic E-state index is 0.399. The lowest BCUT2D eigenvalue weighted by Gasteiger charge is -2.13. The minimum Gasteiger partial charge on any atom is -0.488 e. The molecule has 0 unspecified atom stereocenters. The molecule has 2 N–H and O–H groups in total. The Kier molecular flexibility index (Phi) is 5.16. The Labute approximate surface area is 129 Å². The average molecular weight is 310 g/mol. The zero-order chi connectivity index (χ0) is 14.5. The number of aryl methyl sites for hydroxylation is 1. The predicted octanol–water partition coefficient (Wildman–Crippen LogP) is 5.11. The number of anilines is 1. The maximum Gasteiger partial charge on any atom is 0.125 e. The van der Waals surface area contributed by atoms with Crippen LogP contribution in [0.2, 0.25) is 10.0 Å². The highest BCUT2D eigenvalue weighted by atomic mass is 35.5. The summed E-state index contributed by atoms with van der Waals surface area (Å²) in [6, 6.07) is 11.2. The van der Waals surface area contributed by atoms with Gasteiger partial charge in [0, 0.05) is 27.4 Å². The standard InChI is InChI=1S/C16H17Cl2NO/c1-2-3-11-5-7-14(19)9-16(11)20-10-12-4-6-13(17)8-15(12)18/h4-9H,2-3,10,19H2,1H3. The van der Waals surface area contributed by atoms with E-state index in [0.717, 1.165) is 29.7 Å². The van der Waals surface area contributed by atoms with Crippen LogP contribution in [0.3, 0.4) is 0 Å². The van der Waals surface area contributed by atoms with Crippen LogP contribution >= 0.6 is 23.2 Å². The van der Waals surface area contributed by atoms with Crippen molar-refractivity contribution in [1.82, 2.24) is 0 Å². The van der Waals surface area contributed by atoms with Gasteiger partial charge in [-0.25, -0.2) is 0 Å². The van der Waals surface area contributed by atoms with Crippen LogP contribution < -0.4 is 10.5 Å². The van der Waals surface area contributed by atoms with E-state index < -0.39 is 0 Å². The van der Waals surface area contributed by atoms with Gasteiger partial charge in [0.1, 0.15) is 12.4 Å². The Hall–Kier alpha value is -1.38. The van der Waals surface area contributed by atoms with Gasteiger partial charge < -0.3 is 10.5 Å². The first-order chi connectivity index (χ1) is 9.60. The fraction of sp³-hybridized carbons (Fsp3) is 0.250. The van der Waals surface area contributed by atoms with Crippen molar-refractivity contribution in [2.75, 3.05) is 5.73 Å². The van der Waals surface area contributed by atoms with Crippen LogP contribution in [0.1, 0.15) is 24.5 Å². The van der Waals surface area contributed by atoms with E-state index in [4.69, 9.17) is 33.7 Å². The largest absolute Gasteiger partial charge is 0.488 e. The third kappa shape index (κ3) is 3.81. The van der Waals surface area contributed by atoms with Crippen molar-refractivity contribution in [3.63, 3.8) is 0 Å². The molecule has 0 aliphatic heterocycles. The lowest BCUT2D eigenvalue weighted by atomic mass is 10.1. The molecule has 0 spiro atoms. The highest BCUT2D eigenvalue weighted by molar-refractivity contribution is 6.35. The van der Waals surface area contributed by atoms with E-state index in [-0.39, 0.29) is 0 Å². The Morgan fingerprint density at radius 1 is 1.05 bits per heavy atom. The van der Waals surface area contributed by atoms with Gasteiger partial charge >= 0.3 is 0 Å². The first-order valence-electron chi connectivity index (χ1n) is 6.55. The molecule has 0 amide bonds. The number of nitrogen functional groups attached to an aromatic ring is 1. The van der Waals surface area contributed by atoms with Crippen molar-refractivity contribution in [2.45, 2.75) is 26.4 Å². The van der Waals surface area contributed by atoms with Gasteiger partial charge in [0.2, 0.25) is 0 Å². The van der Waals surface area contributed by atoms with Crippen LogP contribution in [0.15, 0.2) is 36.4 Å². The first kappa shape index (κ1) is 15.0. The van der Waals surface area contributed by atoms with E-state index in [2.05, 4.69) is 6.92 Å². The van der Waals surface area contributed by atoms with Gasteiger partial charge in [-0.1, -0.05) is 48.7 Å². The van der Waals surface area contributed by atoms with Crippen molar-refractivity contribution >= 4 is 28.9 Å². The minimum atomic E-state index is 0.399. The Balaban J connectivity index is 2.15. The number of hydrogen-bond acceptors (Lipinski definition) is 2. The highest BCUT2D eigenvalue weighted by Crippen LogP contribution is 2.26. The first-order valence-corrected chi connectivity index (χ1v) is 7.31. The van der Waals surface area contributed by atoms with Gasteiger partial charge in [-0.2, -0.15) is 0 Å². The monoisotopic (exact) mass is 309 g/mol. The number of halogens is 2. The molecule has 2 nitrogen and oxygen atoms in total. The van der Waals surface area contributed by atoms with Crippen LogP contribution in [-0.4, -0.2) is 0 Å². The molecule has 2 rings (SSSR count). The van der Waals surface area contributed by atoms with E-state index in [1.165, 1.54) is 0 Å². The quantitative estimate of drug-likeness (QED) is 0.779. The molecule has 0 radical (unpaired) electrons. The lowest BCUT2D eigenvalue weighted by molar-refractivity contribution is 0.303. The normalized spacial score (nSPS) is 10.6. The number of ether oxygens (including phenoxy) is 1. The van der Waals surface area contributed by atoms with Crippen LogP contribution in [-0.2, 0) is 13.0 Å². The number of benzene rings is 2. The maximum atomic E-state index is 6.14. The van der Waals surface area contributed by atoms with Crippen molar-refractivity contribution < 1.29 is 4.74 Å². The lowest BCUT2D eigenvalue weighted by Crippen LogP contribution is -2.00. The summed E-state index contributed by atoms with van der Waals surface area (Å²) in [5, 5.41) is 1.23. The summed E-state index contributed by atoms with van der Waals surface area (Å²) >= 11 is 12.0. The molecule has 106 valence electrons. The fourth-order valence-electron chi connectivity index (χ4n) is 1.98. The second kappa shape index (κ2) is 6.87.